The predicted molar refractivity (Wildman–Crippen MR) is 92.8 cm³/mol. The smallest absolute Gasteiger partial charge is 0.252 e. The fourth-order valence-corrected chi connectivity index (χ4v) is 3.07. The number of hydrogen-bond acceptors (Lipinski definition) is 4. The Kier molecular flexibility index (Phi) is 4.32. The fourth-order valence-electron chi connectivity index (χ4n) is 3.07. The Morgan fingerprint density at radius 2 is 2.25 bits per heavy atom. The molecule has 1 aliphatic heterocycles. The van der Waals surface area contributed by atoms with Crippen LogP contribution in [-0.4, -0.2) is 34.7 Å². The first-order chi connectivity index (χ1) is 11.4. The average Bonchev–Trinajstić information content (AvgIpc) is 2.96. The van der Waals surface area contributed by atoms with E-state index in [4.69, 9.17) is 10.5 Å². The number of amides is 1. The van der Waals surface area contributed by atoms with Crippen molar-refractivity contribution in [3.8, 4) is 17.0 Å². The zero-order valence-electron chi connectivity index (χ0n) is 14.4. The fraction of sp³-hybridized carbons (Fsp3) is 0.444. The number of hydrogen-bond donors (Lipinski definition) is 2. The molecule has 0 spiro atoms. The van der Waals surface area contributed by atoms with Gasteiger partial charge in [-0.3, -0.25) is 4.79 Å². The summed E-state index contributed by atoms with van der Waals surface area (Å²) in [5.74, 6) is 0.0525. The highest BCUT2D eigenvalue weighted by Gasteiger charge is 2.34. The molecule has 0 unspecified atom stereocenters. The predicted octanol–water partition coefficient (Wildman–Crippen LogP) is 1.95. The lowest BCUT2D eigenvalue weighted by molar-refractivity contribution is 0.0442. The summed E-state index contributed by atoms with van der Waals surface area (Å²) >= 11 is 0. The van der Waals surface area contributed by atoms with Crippen molar-refractivity contribution >= 4 is 5.91 Å². The molecule has 2 aromatic rings. The number of benzene rings is 1. The Balaban J connectivity index is 1.92. The summed E-state index contributed by atoms with van der Waals surface area (Å²) in [6, 6.07) is 5.49. The van der Waals surface area contributed by atoms with E-state index in [1.165, 1.54) is 0 Å². The Morgan fingerprint density at radius 3 is 2.88 bits per heavy atom. The molecule has 1 amide bonds. The van der Waals surface area contributed by atoms with Gasteiger partial charge in [-0.15, -0.1) is 0 Å². The van der Waals surface area contributed by atoms with Crippen LogP contribution in [0.5, 0.6) is 5.75 Å². The molecule has 1 aromatic heterocycles. The molecular formula is C18H24N4O2. The third-order valence-electron chi connectivity index (χ3n) is 4.55. The molecule has 0 saturated carbocycles. The molecule has 1 saturated heterocycles. The minimum Gasteiger partial charge on any atom is -0.489 e. The zero-order valence-corrected chi connectivity index (χ0v) is 14.4. The van der Waals surface area contributed by atoms with E-state index in [1.807, 2.05) is 29.9 Å². The van der Waals surface area contributed by atoms with Crippen LogP contribution in [0.2, 0.25) is 0 Å². The van der Waals surface area contributed by atoms with Gasteiger partial charge in [0.25, 0.3) is 5.91 Å². The van der Waals surface area contributed by atoms with E-state index in [0.29, 0.717) is 11.3 Å². The van der Waals surface area contributed by atoms with E-state index < -0.39 is 5.91 Å². The van der Waals surface area contributed by atoms with Crippen LogP contribution in [-0.2, 0) is 7.05 Å². The molecule has 1 aromatic carbocycles. The molecular weight excluding hydrogens is 304 g/mol. The van der Waals surface area contributed by atoms with Crippen LogP contribution in [0.3, 0.4) is 0 Å². The summed E-state index contributed by atoms with van der Waals surface area (Å²) in [7, 11) is 1.90. The Morgan fingerprint density at radius 1 is 1.46 bits per heavy atom. The first kappa shape index (κ1) is 16.5. The van der Waals surface area contributed by atoms with Gasteiger partial charge < -0.3 is 20.4 Å². The number of ether oxygens (including phenoxy) is 1. The van der Waals surface area contributed by atoms with Gasteiger partial charge in [0, 0.05) is 30.8 Å². The van der Waals surface area contributed by atoms with Crippen molar-refractivity contribution in [2.45, 2.75) is 26.4 Å². The topological polar surface area (TPSA) is 82.2 Å². The number of primary amides is 1. The van der Waals surface area contributed by atoms with E-state index in [9.17, 15) is 4.79 Å². The molecule has 1 fully saturated rings. The van der Waals surface area contributed by atoms with Crippen molar-refractivity contribution in [1.82, 2.24) is 14.9 Å². The van der Waals surface area contributed by atoms with Gasteiger partial charge in [0.15, 0.2) is 0 Å². The average molecular weight is 328 g/mol. The second-order valence-electron chi connectivity index (χ2n) is 7.06. The standard InChI is InChI=1S/C18H24N4O2/c1-18(2)10-20-7-6-16(18)24-15-5-4-12(8-13(15)17(19)23)14-9-22(3)11-21-14/h4-5,8-9,11,16,20H,6-7,10H2,1-3H3,(H2,19,23)/t16-/m0/s1. The van der Waals surface area contributed by atoms with E-state index in [2.05, 4.69) is 24.1 Å². The van der Waals surface area contributed by atoms with Gasteiger partial charge >= 0.3 is 0 Å². The minimum absolute atomic E-state index is 0.00712. The van der Waals surface area contributed by atoms with E-state index in [0.717, 1.165) is 30.8 Å². The molecule has 6 nitrogen and oxygen atoms in total. The molecule has 0 radical (unpaired) electrons. The normalized spacial score (nSPS) is 19.9. The van der Waals surface area contributed by atoms with Crippen LogP contribution >= 0.6 is 0 Å². The maximum absolute atomic E-state index is 11.9. The van der Waals surface area contributed by atoms with Gasteiger partial charge in [-0.1, -0.05) is 13.8 Å². The summed E-state index contributed by atoms with van der Waals surface area (Å²) < 4.78 is 8.05. The lowest BCUT2D eigenvalue weighted by Crippen LogP contribution is -2.49. The van der Waals surface area contributed by atoms with Crippen LogP contribution in [0, 0.1) is 5.41 Å². The van der Waals surface area contributed by atoms with Crippen LogP contribution in [0.15, 0.2) is 30.7 Å². The highest BCUT2D eigenvalue weighted by Crippen LogP contribution is 2.32. The van der Waals surface area contributed by atoms with Gasteiger partial charge in [0.05, 0.1) is 17.6 Å². The van der Waals surface area contributed by atoms with Crippen LogP contribution in [0.4, 0.5) is 0 Å². The van der Waals surface area contributed by atoms with Crippen LogP contribution in [0.1, 0.15) is 30.6 Å². The summed E-state index contributed by atoms with van der Waals surface area (Å²) in [6.07, 6.45) is 4.56. The van der Waals surface area contributed by atoms with Crippen molar-refractivity contribution in [3.05, 3.63) is 36.3 Å². The molecule has 3 rings (SSSR count). The lowest BCUT2D eigenvalue weighted by atomic mass is 9.82. The Labute approximate surface area is 142 Å². The van der Waals surface area contributed by atoms with E-state index >= 15 is 0 Å². The number of nitrogens with two attached hydrogens (primary N) is 1. The molecule has 1 aliphatic rings. The van der Waals surface area contributed by atoms with Crippen molar-refractivity contribution < 1.29 is 9.53 Å². The lowest BCUT2D eigenvalue weighted by Gasteiger charge is -2.39. The monoisotopic (exact) mass is 328 g/mol. The largest absolute Gasteiger partial charge is 0.489 e. The molecule has 2 heterocycles. The second kappa shape index (κ2) is 6.28. The van der Waals surface area contributed by atoms with Crippen LogP contribution < -0.4 is 15.8 Å². The summed E-state index contributed by atoms with van der Waals surface area (Å²) in [5, 5.41) is 3.38. The van der Waals surface area contributed by atoms with Crippen LogP contribution in [0.25, 0.3) is 11.3 Å². The van der Waals surface area contributed by atoms with Gasteiger partial charge in [-0.05, 0) is 31.2 Å². The number of imidazole rings is 1. The Hall–Kier alpha value is -2.34. The highest BCUT2D eigenvalue weighted by atomic mass is 16.5. The molecule has 1 atom stereocenters. The number of rotatable bonds is 4. The number of carbonyl (C=O) groups is 1. The highest BCUT2D eigenvalue weighted by molar-refractivity contribution is 5.96. The zero-order chi connectivity index (χ0) is 17.3. The Bertz CT molecular complexity index is 751. The maximum Gasteiger partial charge on any atom is 0.252 e. The molecule has 24 heavy (non-hydrogen) atoms. The minimum atomic E-state index is -0.491. The quantitative estimate of drug-likeness (QED) is 0.899. The molecule has 3 N–H and O–H groups in total. The molecule has 0 bridgehead atoms. The van der Waals surface area contributed by atoms with Crippen molar-refractivity contribution in [2.75, 3.05) is 13.1 Å². The number of piperidine rings is 1. The van der Waals surface area contributed by atoms with Gasteiger partial charge in [0.1, 0.15) is 11.9 Å². The molecule has 6 heteroatoms. The van der Waals surface area contributed by atoms with Gasteiger partial charge in [-0.25, -0.2) is 4.98 Å². The van der Waals surface area contributed by atoms with Crippen molar-refractivity contribution in [1.29, 1.82) is 0 Å². The van der Waals surface area contributed by atoms with Gasteiger partial charge in [-0.2, -0.15) is 0 Å². The maximum atomic E-state index is 11.9. The summed E-state index contributed by atoms with van der Waals surface area (Å²) in [6.45, 7) is 6.12. The first-order valence-corrected chi connectivity index (χ1v) is 8.16. The third-order valence-corrected chi connectivity index (χ3v) is 4.55. The number of aryl methyl sites for hydroxylation is 1. The second-order valence-corrected chi connectivity index (χ2v) is 7.06. The summed E-state index contributed by atoms with van der Waals surface area (Å²) in [5.41, 5.74) is 7.62. The van der Waals surface area contributed by atoms with Crippen molar-refractivity contribution in [2.24, 2.45) is 18.2 Å². The first-order valence-electron chi connectivity index (χ1n) is 8.16. The van der Waals surface area contributed by atoms with Crippen molar-refractivity contribution in [3.63, 3.8) is 0 Å². The van der Waals surface area contributed by atoms with E-state index in [-0.39, 0.29) is 11.5 Å². The summed E-state index contributed by atoms with van der Waals surface area (Å²) in [4.78, 5) is 16.2. The number of carbonyl (C=O) groups excluding carboxylic acids is 1. The number of aromatic nitrogens is 2. The number of nitrogens with one attached hydrogen (secondary N) is 1. The molecule has 0 aliphatic carbocycles. The van der Waals surface area contributed by atoms with Gasteiger partial charge in [0.2, 0.25) is 0 Å². The molecule has 128 valence electrons. The SMILES string of the molecule is Cn1cnc(-c2ccc(O[C@H]3CCNCC3(C)C)c(C(N)=O)c2)c1. The number of nitrogens with zero attached hydrogens (tertiary/aromatic N) is 2. The van der Waals surface area contributed by atoms with E-state index in [1.54, 1.807) is 12.4 Å². The third kappa shape index (κ3) is 3.28.